The molecule has 0 spiro atoms. The van der Waals surface area contributed by atoms with Crippen LogP contribution in [0.1, 0.15) is 74.6 Å². The van der Waals surface area contributed by atoms with Crippen molar-refractivity contribution in [1.82, 2.24) is 9.62 Å². The molecule has 0 radical (unpaired) electrons. The molecule has 1 saturated heterocycles. The highest BCUT2D eigenvalue weighted by Gasteiger charge is 2.51. The van der Waals surface area contributed by atoms with Crippen molar-refractivity contribution in [2.45, 2.75) is 74.6 Å². The Morgan fingerprint density at radius 3 is 2.18 bits per heavy atom. The maximum absolute atomic E-state index is 13.0. The minimum atomic E-state index is -3.66. The third-order valence-electron chi connectivity index (χ3n) is 8.05. The van der Waals surface area contributed by atoms with Crippen molar-refractivity contribution >= 4 is 21.9 Å². The molecule has 0 aromatic heterocycles. The average molecular weight is 475 g/mol. The third kappa shape index (κ3) is 4.83. The van der Waals surface area contributed by atoms with Crippen LogP contribution in [0.4, 0.5) is 0 Å². The highest BCUT2D eigenvalue weighted by atomic mass is 32.2. The van der Waals surface area contributed by atoms with Crippen molar-refractivity contribution in [3.8, 4) is 0 Å². The molecule has 0 atom stereocenters. The molecular weight excluding hydrogens is 440 g/mol. The molecule has 5 aliphatic rings. The van der Waals surface area contributed by atoms with E-state index in [1.807, 2.05) is 0 Å². The quantitative estimate of drug-likeness (QED) is 0.637. The van der Waals surface area contributed by atoms with E-state index in [9.17, 15) is 18.0 Å². The summed E-state index contributed by atoms with van der Waals surface area (Å²) in [5, 5.41) is 3.20. The fraction of sp³-hybridized carbons (Fsp3) is 0.680. The van der Waals surface area contributed by atoms with Gasteiger partial charge in [-0.2, -0.15) is 4.31 Å². The number of rotatable bonds is 6. The minimum Gasteiger partial charge on any atom is -0.452 e. The van der Waals surface area contributed by atoms with E-state index in [-0.39, 0.29) is 28.5 Å². The number of benzene rings is 1. The van der Waals surface area contributed by atoms with Gasteiger partial charge in [-0.25, -0.2) is 13.2 Å². The van der Waals surface area contributed by atoms with Crippen LogP contribution in [0.25, 0.3) is 0 Å². The van der Waals surface area contributed by atoms with Gasteiger partial charge in [0.2, 0.25) is 10.0 Å². The standard InChI is InChI=1S/C25H34N2O5S/c28-23(26-25-14-18-10-19(15-25)12-20(11-18)16-25)17-32-24(29)21-6-5-7-22(13-21)33(30,31)27-8-3-1-2-4-9-27/h5-7,13,18-20H,1-4,8-12,14-17H2,(H,26,28). The maximum Gasteiger partial charge on any atom is 0.338 e. The first-order chi connectivity index (χ1) is 15.8. The van der Waals surface area contributed by atoms with Crippen LogP contribution in [0.2, 0.25) is 0 Å². The largest absolute Gasteiger partial charge is 0.452 e. The Kier molecular flexibility index (Phi) is 6.25. The van der Waals surface area contributed by atoms with Crippen molar-refractivity contribution in [2.24, 2.45) is 17.8 Å². The summed E-state index contributed by atoms with van der Waals surface area (Å²) in [7, 11) is -3.66. The van der Waals surface area contributed by atoms with Crippen molar-refractivity contribution in [3.05, 3.63) is 29.8 Å². The van der Waals surface area contributed by atoms with Gasteiger partial charge in [0.25, 0.3) is 5.91 Å². The maximum atomic E-state index is 13.0. The van der Waals surface area contributed by atoms with E-state index in [0.29, 0.717) is 30.8 Å². The van der Waals surface area contributed by atoms with Crippen LogP contribution in [-0.2, 0) is 19.6 Å². The summed E-state index contributed by atoms with van der Waals surface area (Å²) in [6, 6.07) is 5.95. The average Bonchev–Trinajstić information content (AvgIpc) is 3.06. The topological polar surface area (TPSA) is 92.8 Å². The van der Waals surface area contributed by atoms with Gasteiger partial charge in [0.05, 0.1) is 10.5 Å². The van der Waals surface area contributed by atoms with Gasteiger partial charge in [-0.15, -0.1) is 0 Å². The molecule has 0 unspecified atom stereocenters. The molecule has 1 heterocycles. The van der Waals surface area contributed by atoms with Gasteiger partial charge >= 0.3 is 5.97 Å². The van der Waals surface area contributed by atoms with Crippen molar-refractivity contribution in [1.29, 1.82) is 0 Å². The van der Waals surface area contributed by atoms with Crippen molar-refractivity contribution in [2.75, 3.05) is 19.7 Å². The zero-order valence-corrected chi connectivity index (χ0v) is 19.9. The number of ether oxygens (including phenoxy) is 1. The molecular formula is C25H34N2O5S. The number of carbonyl (C=O) groups excluding carboxylic acids is 2. The number of carbonyl (C=O) groups is 2. The molecule has 1 N–H and O–H groups in total. The third-order valence-corrected chi connectivity index (χ3v) is 9.94. The van der Waals surface area contributed by atoms with E-state index in [4.69, 9.17) is 4.74 Å². The lowest BCUT2D eigenvalue weighted by molar-refractivity contribution is -0.130. The second kappa shape index (κ2) is 9.02. The lowest BCUT2D eigenvalue weighted by Gasteiger charge is -2.56. The van der Waals surface area contributed by atoms with Crippen molar-refractivity contribution in [3.63, 3.8) is 0 Å². The van der Waals surface area contributed by atoms with E-state index < -0.39 is 16.0 Å². The summed E-state index contributed by atoms with van der Waals surface area (Å²) in [5.74, 6) is 1.20. The van der Waals surface area contributed by atoms with E-state index in [0.717, 1.165) is 44.9 Å². The van der Waals surface area contributed by atoms with Gasteiger partial charge in [-0.05, 0) is 87.3 Å². The predicted octanol–water partition coefficient (Wildman–Crippen LogP) is 3.49. The van der Waals surface area contributed by atoms with E-state index in [1.54, 1.807) is 6.07 Å². The fourth-order valence-corrected chi connectivity index (χ4v) is 8.59. The van der Waals surface area contributed by atoms with Crippen LogP contribution in [-0.4, -0.2) is 49.8 Å². The van der Waals surface area contributed by atoms with Gasteiger partial charge in [0.1, 0.15) is 0 Å². The molecule has 1 aliphatic heterocycles. The molecule has 4 saturated carbocycles. The van der Waals surface area contributed by atoms with Crippen molar-refractivity contribution < 1.29 is 22.7 Å². The fourth-order valence-electron chi connectivity index (χ4n) is 7.02. The number of hydrogen-bond acceptors (Lipinski definition) is 5. The Hall–Kier alpha value is -1.93. The summed E-state index contributed by atoms with van der Waals surface area (Å²) in [5.41, 5.74) is 0.0212. The number of esters is 1. The Balaban J connectivity index is 1.19. The first kappa shape index (κ1) is 22.8. The predicted molar refractivity (Wildman–Crippen MR) is 123 cm³/mol. The van der Waals surface area contributed by atoms with Crippen LogP contribution in [0.5, 0.6) is 0 Å². The van der Waals surface area contributed by atoms with E-state index in [2.05, 4.69) is 5.32 Å². The molecule has 5 fully saturated rings. The first-order valence-electron chi connectivity index (χ1n) is 12.4. The summed E-state index contributed by atoms with van der Waals surface area (Å²) in [4.78, 5) is 25.3. The van der Waals surface area contributed by atoms with Crippen LogP contribution in [0.3, 0.4) is 0 Å². The molecule has 33 heavy (non-hydrogen) atoms. The zero-order chi connectivity index (χ0) is 23.1. The van der Waals surface area contributed by atoms with Crippen LogP contribution >= 0.6 is 0 Å². The normalized spacial score (nSPS) is 31.7. The van der Waals surface area contributed by atoms with E-state index >= 15 is 0 Å². The Morgan fingerprint density at radius 1 is 0.970 bits per heavy atom. The molecule has 6 rings (SSSR count). The number of nitrogens with zero attached hydrogens (tertiary/aromatic N) is 1. The molecule has 7 nitrogen and oxygen atoms in total. The first-order valence-corrected chi connectivity index (χ1v) is 13.9. The molecule has 180 valence electrons. The number of amides is 1. The monoisotopic (exact) mass is 474 g/mol. The van der Waals surface area contributed by atoms with E-state index in [1.165, 1.54) is 41.8 Å². The zero-order valence-electron chi connectivity index (χ0n) is 19.1. The van der Waals surface area contributed by atoms with Crippen LogP contribution in [0, 0.1) is 17.8 Å². The van der Waals surface area contributed by atoms with Gasteiger partial charge in [-0.1, -0.05) is 18.9 Å². The second-order valence-electron chi connectivity index (χ2n) is 10.7. The minimum absolute atomic E-state index is 0.0943. The summed E-state index contributed by atoms with van der Waals surface area (Å²) in [6.45, 7) is 0.659. The second-order valence-corrected chi connectivity index (χ2v) is 12.6. The summed E-state index contributed by atoms with van der Waals surface area (Å²) in [6.07, 6.45) is 10.7. The molecule has 1 amide bonds. The number of sulfonamides is 1. The Morgan fingerprint density at radius 2 is 1.58 bits per heavy atom. The smallest absolute Gasteiger partial charge is 0.338 e. The van der Waals surface area contributed by atoms with Gasteiger partial charge in [-0.3, -0.25) is 4.79 Å². The van der Waals surface area contributed by atoms with Crippen LogP contribution in [0.15, 0.2) is 29.2 Å². The van der Waals surface area contributed by atoms with Gasteiger partial charge in [0, 0.05) is 18.6 Å². The number of nitrogens with one attached hydrogen (secondary N) is 1. The van der Waals surface area contributed by atoms with Crippen LogP contribution < -0.4 is 5.32 Å². The molecule has 4 aliphatic carbocycles. The lowest BCUT2D eigenvalue weighted by Crippen LogP contribution is -2.60. The van der Waals surface area contributed by atoms with Gasteiger partial charge in [0.15, 0.2) is 6.61 Å². The number of hydrogen-bond donors (Lipinski definition) is 1. The molecule has 1 aromatic rings. The molecule has 1 aromatic carbocycles. The SMILES string of the molecule is O=C(COC(=O)c1cccc(S(=O)(=O)N2CCCCCC2)c1)NC12CC3CC(CC(C3)C1)C2. The summed E-state index contributed by atoms with van der Waals surface area (Å²) < 4.78 is 32.9. The molecule has 4 bridgehead atoms. The highest BCUT2D eigenvalue weighted by Crippen LogP contribution is 2.55. The highest BCUT2D eigenvalue weighted by molar-refractivity contribution is 7.89. The van der Waals surface area contributed by atoms with Gasteiger partial charge < -0.3 is 10.1 Å². The Bertz CT molecular complexity index is 978. The molecule has 8 heteroatoms. The summed E-state index contributed by atoms with van der Waals surface area (Å²) >= 11 is 0. The lowest BCUT2D eigenvalue weighted by atomic mass is 9.53. The Labute approximate surface area is 196 Å².